The highest BCUT2D eigenvalue weighted by Crippen LogP contribution is 2.34. The Balaban J connectivity index is 2.02. The topological polar surface area (TPSA) is 52.5 Å². The van der Waals surface area contributed by atoms with Crippen LogP contribution in [0.4, 0.5) is 5.69 Å². The molecule has 0 atom stereocenters. The molecule has 0 aliphatic heterocycles. The van der Waals surface area contributed by atoms with Gasteiger partial charge in [0.2, 0.25) is 5.75 Å². The third kappa shape index (κ3) is 5.03. The van der Waals surface area contributed by atoms with E-state index in [4.69, 9.17) is 9.47 Å². The minimum atomic E-state index is -0.205. The number of aryl methyl sites for hydroxylation is 1. The first-order chi connectivity index (χ1) is 14.4. The van der Waals surface area contributed by atoms with Crippen molar-refractivity contribution < 1.29 is 9.47 Å². The zero-order chi connectivity index (χ0) is 21.7. The predicted molar refractivity (Wildman–Crippen MR) is 124 cm³/mol. The lowest BCUT2D eigenvalue weighted by molar-refractivity contribution is 0.222. The van der Waals surface area contributed by atoms with E-state index in [9.17, 15) is 4.79 Å². The molecule has 1 heterocycles. The van der Waals surface area contributed by atoms with Crippen molar-refractivity contribution in [2.45, 2.75) is 40.3 Å². The van der Waals surface area contributed by atoms with E-state index in [1.165, 1.54) is 5.56 Å². The van der Waals surface area contributed by atoms with E-state index in [0.717, 1.165) is 22.2 Å². The van der Waals surface area contributed by atoms with Gasteiger partial charge < -0.3 is 19.4 Å². The lowest BCUT2D eigenvalue weighted by Gasteiger charge is -2.19. The molecule has 5 heteroatoms. The first-order valence-electron chi connectivity index (χ1n) is 10.2. The van der Waals surface area contributed by atoms with Crippen LogP contribution in [0.3, 0.4) is 0 Å². The van der Waals surface area contributed by atoms with Crippen LogP contribution in [-0.2, 0) is 13.6 Å². The van der Waals surface area contributed by atoms with Gasteiger partial charge in [0.15, 0.2) is 5.75 Å². The summed E-state index contributed by atoms with van der Waals surface area (Å²) in [6.07, 6.45) is 1.85. The van der Waals surface area contributed by atoms with Gasteiger partial charge in [-0.1, -0.05) is 35.9 Å². The second-order valence-corrected chi connectivity index (χ2v) is 7.85. The molecule has 0 bridgehead atoms. The van der Waals surface area contributed by atoms with Crippen LogP contribution in [0.1, 0.15) is 33.3 Å². The summed E-state index contributed by atoms with van der Waals surface area (Å²) >= 11 is 0. The summed E-state index contributed by atoms with van der Waals surface area (Å²) in [6.45, 7) is 8.93. The number of anilines is 1. The van der Waals surface area contributed by atoms with Crippen molar-refractivity contribution in [1.29, 1.82) is 0 Å². The van der Waals surface area contributed by atoms with Crippen LogP contribution in [0.15, 0.2) is 65.0 Å². The molecule has 0 saturated heterocycles. The number of benzene rings is 2. The number of hydrogen-bond donors (Lipinski definition) is 1. The van der Waals surface area contributed by atoms with Gasteiger partial charge in [-0.05, 0) is 57.5 Å². The fraction of sp³-hybridized carbons (Fsp3) is 0.320. The van der Waals surface area contributed by atoms with Crippen LogP contribution in [0.5, 0.6) is 11.5 Å². The largest absolute Gasteiger partial charge is 0.485 e. The molecule has 2 aromatic carbocycles. The van der Waals surface area contributed by atoms with E-state index < -0.39 is 0 Å². The third-order valence-electron chi connectivity index (χ3n) is 4.72. The molecule has 0 fully saturated rings. The van der Waals surface area contributed by atoms with Gasteiger partial charge >= 0.3 is 0 Å². The molecule has 5 nitrogen and oxygen atoms in total. The summed E-state index contributed by atoms with van der Waals surface area (Å²) in [6, 6.07) is 16.2. The molecule has 30 heavy (non-hydrogen) atoms. The Hall–Kier alpha value is -3.21. The van der Waals surface area contributed by atoms with Crippen molar-refractivity contribution in [2.24, 2.45) is 7.05 Å². The summed E-state index contributed by atoms with van der Waals surface area (Å²) in [7, 11) is 1.76. The highest BCUT2D eigenvalue weighted by atomic mass is 16.5. The van der Waals surface area contributed by atoms with Crippen LogP contribution in [0, 0.1) is 0 Å². The van der Waals surface area contributed by atoms with E-state index in [2.05, 4.69) is 17.4 Å². The normalized spacial score (nSPS) is 10.9. The Morgan fingerprint density at radius 3 is 2.50 bits per heavy atom. The molecule has 1 N–H and O–H groups in total. The first kappa shape index (κ1) is 21.5. The summed E-state index contributed by atoms with van der Waals surface area (Å²) in [5, 5.41) is 4.27. The molecule has 0 unspecified atom stereocenters. The van der Waals surface area contributed by atoms with Gasteiger partial charge in [0.05, 0.1) is 11.6 Å². The Morgan fingerprint density at radius 2 is 1.83 bits per heavy atom. The quantitative estimate of drug-likeness (QED) is 0.517. The minimum absolute atomic E-state index is 0.132. The molecule has 0 radical (unpaired) electrons. The maximum atomic E-state index is 13.0. The molecule has 1 aromatic heterocycles. The van der Waals surface area contributed by atoms with Crippen LogP contribution < -0.4 is 20.3 Å². The number of hydrogen-bond acceptors (Lipinski definition) is 4. The van der Waals surface area contributed by atoms with Crippen molar-refractivity contribution in [3.63, 3.8) is 0 Å². The van der Waals surface area contributed by atoms with Crippen molar-refractivity contribution in [3.8, 4) is 11.5 Å². The SMILES string of the molecule is CC(C)=CCOc1c(OC(C)C)c(=O)n(C)c2cc(NCc3ccccc3)ccc12. The maximum absolute atomic E-state index is 13.0. The Morgan fingerprint density at radius 1 is 1.10 bits per heavy atom. The van der Waals surface area contributed by atoms with E-state index in [1.54, 1.807) is 11.6 Å². The third-order valence-corrected chi connectivity index (χ3v) is 4.72. The Labute approximate surface area is 177 Å². The van der Waals surface area contributed by atoms with Gasteiger partial charge in [0.25, 0.3) is 5.56 Å². The van der Waals surface area contributed by atoms with Gasteiger partial charge in [-0.15, -0.1) is 0 Å². The highest BCUT2D eigenvalue weighted by molar-refractivity contribution is 5.90. The Bertz CT molecular complexity index is 1090. The lowest BCUT2D eigenvalue weighted by Crippen LogP contribution is -2.23. The van der Waals surface area contributed by atoms with Crippen LogP contribution in [-0.4, -0.2) is 17.3 Å². The first-order valence-corrected chi connectivity index (χ1v) is 10.2. The minimum Gasteiger partial charge on any atom is -0.485 e. The molecule has 3 aromatic rings. The van der Waals surface area contributed by atoms with Crippen LogP contribution >= 0.6 is 0 Å². The molecule has 0 amide bonds. The number of pyridine rings is 1. The maximum Gasteiger partial charge on any atom is 0.297 e. The average molecular weight is 407 g/mol. The van der Waals surface area contributed by atoms with E-state index in [-0.39, 0.29) is 17.4 Å². The summed E-state index contributed by atoms with van der Waals surface area (Å²) in [4.78, 5) is 13.0. The lowest BCUT2D eigenvalue weighted by atomic mass is 10.1. The fourth-order valence-electron chi connectivity index (χ4n) is 3.17. The number of rotatable bonds is 8. The molecule has 0 aliphatic carbocycles. The summed E-state index contributed by atoms with van der Waals surface area (Å²) in [5.41, 5.74) is 3.87. The predicted octanol–water partition coefficient (Wildman–Crippen LogP) is 5.28. The standard InChI is InChI=1S/C25H30N2O3/c1-17(2)13-14-29-23-21-12-11-20(26-16-19-9-7-6-8-10-19)15-22(21)27(5)25(28)24(23)30-18(3)4/h6-13,15,18,26H,14,16H2,1-5H3. The monoisotopic (exact) mass is 406 g/mol. The van der Waals surface area contributed by atoms with E-state index in [0.29, 0.717) is 18.9 Å². The zero-order valence-corrected chi connectivity index (χ0v) is 18.4. The number of allylic oxidation sites excluding steroid dienone is 1. The van der Waals surface area contributed by atoms with Gasteiger partial charge in [-0.2, -0.15) is 0 Å². The van der Waals surface area contributed by atoms with E-state index in [1.807, 2.05) is 70.2 Å². The second-order valence-electron chi connectivity index (χ2n) is 7.85. The molecule has 158 valence electrons. The zero-order valence-electron chi connectivity index (χ0n) is 18.4. The Kier molecular flexibility index (Phi) is 6.83. The number of nitrogens with one attached hydrogen (secondary N) is 1. The molecule has 0 spiro atoms. The van der Waals surface area contributed by atoms with Crippen molar-refractivity contribution in [2.75, 3.05) is 11.9 Å². The smallest absolute Gasteiger partial charge is 0.297 e. The molecule has 0 saturated carbocycles. The van der Waals surface area contributed by atoms with Gasteiger partial charge in [0.1, 0.15) is 6.61 Å². The number of nitrogens with zero attached hydrogens (tertiary/aromatic N) is 1. The molecular weight excluding hydrogens is 376 g/mol. The van der Waals surface area contributed by atoms with Crippen LogP contribution in [0.25, 0.3) is 10.9 Å². The van der Waals surface area contributed by atoms with Crippen molar-refractivity contribution >= 4 is 16.6 Å². The van der Waals surface area contributed by atoms with Crippen molar-refractivity contribution in [3.05, 3.63) is 76.1 Å². The van der Waals surface area contributed by atoms with E-state index >= 15 is 0 Å². The van der Waals surface area contributed by atoms with Crippen LogP contribution in [0.2, 0.25) is 0 Å². The second kappa shape index (κ2) is 9.53. The van der Waals surface area contributed by atoms with Crippen molar-refractivity contribution in [1.82, 2.24) is 4.57 Å². The van der Waals surface area contributed by atoms with Gasteiger partial charge in [0, 0.05) is 24.7 Å². The number of aromatic nitrogens is 1. The number of fused-ring (bicyclic) bond motifs is 1. The molecule has 3 rings (SSSR count). The fourth-order valence-corrected chi connectivity index (χ4v) is 3.17. The summed E-state index contributed by atoms with van der Waals surface area (Å²) < 4.78 is 13.5. The van der Waals surface area contributed by atoms with Gasteiger partial charge in [-0.25, -0.2) is 0 Å². The average Bonchev–Trinajstić information content (AvgIpc) is 2.72. The molecule has 0 aliphatic rings. The molecular formula is C25H30N2O3. The van der Waals surface area contributed by atoms with Gasteiger partial charge in [-0.3, -0.25) is 4.79 Å². The summed E-state index contributed by atoms with van der Waals surface area (Å²) in [5.74, 6) is 0.751. The number of ether oxygens (including phenoxy) is 2. The highest BCUT2D eigenvalue weighted by Gasteiger charge is 2.19.